The van der Waals surface area contributed by atoms with Gasteiger partial charge in [-0.1, -0.05) is 36.4 Å². The quantitative estimate of drug-likeness (QED) is 0.534. The lowest BCUT2D eigenvalue weighted by molar-refractivity contribution is -0.0390. The van der Waals surface area contributed by atoms with Crippen LogP contribution in [-0.2, 0) is 22.6 Å². The Morgan fingerprint density at radius 2 is 1.72 bits per heavy atom. The summed E-state index contributed by atoms with van der Waals surface area (Å²) in [6.07, 6.45) is 2.30. The van der Waals surface area contributed by atoms with E-state index in [4.69, 9.17) is 9.47 Å². The normalized spacial score (nSPS) is 18.1. The molecular weight excluding hydrogens is 404 g/mol. The van der Waals surface area contributed by atoms with Crippen molar-refractivity contribution in [1.29, 1.82) is 0 Å². The summed E-state index contributed by atoms with van der Waals surface area (Å²) in [4.78, 5) is 8.97. The van der Waals surface area contributed by atoms with Crippen molar-refractivity contribution in [2.75, 3.05) is 51.3 Å². The van der Waals surface area contributed by atoms with Gasteiger partial charge in [-0.25, -0.2) is 0 Å². The summed E-state index contributed by atoms with van der Waals surface area (Å²) in [6.45, 7) is 6.41. The Bertz CT molecular complexity index is 873. The highest BCUT2D eigenvalue weighted by Crippen LogP contribution is 2.27. The summed E-state index contributed by atoms with van der Waals surface area (Å²) in [5.41, 5.74) is 3.31. The second-order valence-corrected chi connectivity index (χ2v) is 8.30. The van der Waals surface area contributed by atoms with Crippen LogP contribution in [0.4, 0.5) is 5.69 Å². The second-order valence-electron chi connectivity index (χ2n) is 8.30. The van der Waals surface area contributed by atoms with Crippen molar-refractivity contribution >= 4 is 11.6 Å². The third-order valence-electron chi connectivity index (χ3n) is 6.14. The summed E-state index contributed by atoms with van der Waals surface area (Å²) in [6, 6.07) is 16.1. The van der Waals surface area contributed by atoms with E-state index in [1.807, 2.05) is 25.2 Å². The molecule has 0 amide bonds. The van der Waals surface area contributed by atoms with Gasteiger partial charge in [-0.3, -0.25) is 4.99 Å². The molecule has 2 fully saturated rings. The lowest BCUT2D eigenvalue weighted by Gasteiger charge is -2.37. The van der Waals surface area contributed by atoms with Crippen LogP contribution in [-0.4, -0.2) is 68.5 Å². The summed E-state index contributed by atoms with van der Waals surface area (Å²) in [5, 5.41) is 13.6. The van der Waals surface area contributed by atoms with Crippen molar-refractivity contribution in [3.05, 3.63) is 59.7 Å². The van der Waals surface area contributed by atoms with E-state index < -0.39 is 0 Å². The molecule has 4 rings (SSSR count). The van der Waals surface area contributed by atoms with Gasteiger partial charge in [0.25, 0.3) is 0 Å². The summed E-state index contributed by atoms with van der Waals surface area (Å²) < 4.78 is 11.4. The van der Waals surface area contributed by atoms with Gasteiger partial charge in [0.05, 0.1) is 18.4 Å². The number of piperazine rings is 1. The molecule has 32 heavy (non-hydrogen) atoms. The van der Waals surface area contributed by atoms with Gasteiger partial charge in [-0.15, -0.1) is 0 Å². The molecule has 172 valence electrons. The first-order valence-electron chi connectivity index (χ1n) is 11.5. The highest BCUT2D eigenvalue weighted by Gasteiger charge is 2.21. The van der Waals surface area contributed by atoms with Crippen LogP contribution in [0, 0.1) is 0 Å². The van der Waals surface area contributed by atoms with Gasteiger partial charge in [-0.2, -0.15) is 0 Å². The molecule has 0 radical (unpaired) electrons. The molecule has 0 spiro atoms. The molecule has 0 atom stereocenters. The number of anilines is 1. The van der Waals surface area contributed by atoms with Gasteiger partial charge in [0.2, 0.25) is 0 Å². The third-order valence-corrected chi connectivity index (χ3v) is 6.14. The number of aliphatic imine (C=N–C) groups is 1. The molecule has 2 heterocycles. The van der Waals surface area contributed by atoms with E-state index in [2.05, 4.69) is 44.4 Å². The molecule has 0 bridgehead atoms. The first-order chi connectivity index (χ1) is 15.7. The van der Waals surface area contributed by atoms with Crippen LogP contribution in [0.2, 0.25) is 0 Å². The molecule has 0 unspecified atom stereocenters. The van der Waals surface area contributed by atoms with Crippen molar-refractivity contribution in [2.24, 2.45) is 4.99 Å². The number of hydrogen-bond acceptors (Lipinski definition) is 5. The number of guanidine groups is 1. The van der Waals surface area contributed by atoms with Crippen LogP contribution >= 0.6 is 0 Å². The summed E-state index contributed by atoms with van der Waals surface area (Å²) >= 11 is 0. The van der Waals surface area contributed by atoms with Crippen LogP contribution in [0.1, 0.15) is 24.0 Å². The molecule has 2 aliphatic heterocycles. The first kappa shape index (κ1) is 22.4. The summed E-state index contributed by atoms with van der Waals surface area (Å²) in [7, 11) is 1.83. The summed E-state index contributed by atoms with van der Waals surface area (Å²) in [5.74, 6) is 1.25. The van der Waals surface area contributed by atoms with Gasteiger partial charge >= 0.3 is 0 Å². The van der Waals surface area contributed by atoms with E-state index in [-0.39, 0.29) is 0 Å². The zero-order chi connectivity index (χ0) is 22.2. The standard InChI is InChI=1S/C25H34N4O3/c1-26-25(29-14-12-28(13-15-29)23-4-2-3-5-24(23)30)27-18-20-6-8-21(9-7-20)19-32-22-10-16-31-17-11-22/h2-9,22,30H,10-19H2,1H3,(H,26,27). The SMILES string of the molecule is CN=C(NCc1ccc(COC2CCOCC2)cc1)N1CCN(c2ccccc2O)CC1. The highest BCUT2D eigenvalue weighted by atomic mass is 16.5. The van der Waals surface area contributed by atoms with Gasteiger partial charge in [0.15, 0.2) is 5.96 Å². The Hall–Kier alpha value is -2.77. The Kier molecular flexibility index (Phi) is 7.85. The molecule has 7 heteroatoms. The number of para-hydroxylation sites is 2. The van der Waals surface area contributed by atoms with Crippen LogP contribution < -0.4 is 10.2 Å². The molecule has 2 aliphatic rings. The predicted octanol–water partition coefficient (Wildman–Crippen LogP) is 2.99. The minimum absolute atomic E-state index is 0.319. The van der Waals surface area contributed by atoms with E-state index in [0.29, 0.717) is 18.5 Å². The van der Waals surface area contributed by atoms with Gasteiger partial charge in [0, 0.05) is 53.0 Å². The van der Waals surface area contributed by atoms with Crippen molar-refractivity contribution in [3.63, 3.8) is 0 Å². The maximum atomic E-state index is 10.1. The highest BCUT2D eigenvalue weighted by molar-refractivity contribution is 5.80. The number of benzene rings is 2. The monoisotopic (exact) mass is 438 g/mol. The minimum atomic E-state index is 0.319. The van der Waals surface area contributed by atoms with Crippen molar-refractivity contribution in [2.45, 2.75) is 32.1 Å². The minimum Gasteiger partial charge on any atom is -0.506 e. The molecule has 7 nitrogen and oxygen atoms in total. The average Bonchev–Trinajstić information content (AvgIpc) is 2.85. The zero-order valence-electron chi connectivity index (χ0n) is 18.9. The Labute approximate surface area is 190 Å². The van der Waals surface area contributed by atoms with Crippen molar-refractivity contribution in [3.8, 4) is 5.75 Å². The second kappa shape index (κ2) is 11.2. The van der Waals surface area contributed by atoms with Crippen LogP contribution in [0.15, 0.2) is 53.5 Å². The number of ether oxygens (including phenoxy) is 2. The Balaban J connectivity index is 1.23. The molecule has 2 saturated heterocycles. The van der Waals surface area contributed by atoms with E-state index in [9.17, 15) is 5.11 Å². The molecule has 0 saturated carbocycles. The van der Waals surface area contributed by atoms with Gasteiger partial charge < -0.3 is 29.7 Å². The molecule has 0 aromatic heterocycles. The zero-order valence-corrected chi connectivity index (χ0v) is 18.9. The van der Waals surface area contributed by atoms with Gasteiger partial charge in [-0.05, 0) is 36.1 Å². The maximum Gasteiger partial charge on any atom is 0.194 e. The van der Waals surface area contributed by atoms with E-state index in [1.165, 1.54) is 11.1 Å². The number of aromatic hydroxyl groups is 1. The average molecular weight is 439 g/mol. The largest absolute Gasteiger partial charge is 0.506 e. The number of phenols is 1. The number of nitrogens with one attached hydrogen (secondary N) is 1. The fourth-order valence-electron chi connectivity index (χ4n) is 4.21. The predicted molar refractivity (Wildman–Crippen MR) is 127 cm³/mol. The smallest absolute Gasteiger partial charge is 0.194 e. The number of phenolic OH excluding ortho intramolecular Hbond substituents is 1. The van der Waals surface area contributed by atoms with E-state index in [1.54, 1.807) is 6.07 Å². The molecular formula is C25H34N4O3. The topological polar surface area (TPSA) is 69.6 Å². The fraction of sp³-hybridized carbons (Fsp3) is 0.480. The third kappa shape index (κ3) is 5.93. The molecule has 2 aromatic rings. The van der Waals surface area contributed by atoms with Crippen LogP contribution in [0.5, 0.6) is 5.75 Å². The Morgan fingerprint density at radius 1 is 1.03 bits per heavy atom. The molecule has 2 aromatic carbocycles. The van der Waals surface area contributed by atoms with Crippen molar-refractivity contribution < 1.29 is 14.6 Å². The Morgan fingerprint density at radius 3 is 2.41 bits per heavy atom. The van der Waals surface area contributed by atoms with Crippen LogP contribution in [0.3, 0.4) is 0 Å². The fourth-order valence-corrected chi connectivity index (χ4v) is 4.21. The number of nitrogens with zero attached hydrogens (tertiary/aromatic N) is 3. The lowest BCUT2D eigenvalue weighted by atomic mass is 10.1. The maximum absolute atomic E-state index is 10.1. The molecule has 2 N–H and O–H groups in total. The lowest BCUT2D eigenvalue weighted by Crippen LogP contribution is -2.52. The van der Waals surface area contributed by atoms with Crippen LogP contribution in [0.25, 0.3) is 0 Å². The first-order valence-corrected chi connectivity index (χ1v) is 11.5. The van der Waals surface area contributed by atoms with Gasteiger partial charge in [0.1, 0.15) is 5.75 Å². The number of hydrogen-bond donors (Lipinski definition) is 2. The number of rotatable bonds is 6. The van der Waals surface area contributed by atoms with Crippen molar-refractivity contribution in [1.82, 2.24) is 10.2 Å². The van der Waals surface area contributed by atoms with E-state index >= 15 is 0 Å². The molecule has 0 aliphatic carbocycles. The van der Waals surface area contributed by atoms with E-state index in [0.717, 1.165) is 70.4 Å².